The Hall–Kier alpha value is -6.06. The Bertz CT molecular complexity index is 2660. The molecule has 0 N–H and O–H groups in total. The summed E-state index contributed by atoms with van der Waals surface area (Å²) in [7, 11) is 0. The van der Waals surface area contributed by atoms with Crippen LogP contribution < -0.4 is 4.90 Å². The average molecular weight is 617 g/mol. The van der Waals surface area contributed by atoms with E-state index in [4.69, 9.17) is 4.42 Å². The summed E-state index contributed by atoms with van der Waals surface area (Å²) >= 11 is 0. The van der Waals surface area contributed by atoms with Gasteiger partial charge in [-0.2, -0.15) is 0 Å². The van der Waals surface area contributed by atoms with Gasteiger partial charge in [0.1, 0.15) is 11.2 Å². The molecular formula is C45H32N2O. The Morgan fingerprint density at radius 3 is 1.88 bits per heavy atom. The summed E-state index contributed by atoms with van der Waals surface area (Å²) in [4.78, 5) is 2.35. The van der Waals surface area contributed by atoms with E-state index < -0.39 is 0 Å². The second kappa shape index (κ2) is 9.97. The summed E-state index contributed by atoms with van der Waals surface area (Å²) in [5.41, 5.74) is 13.9. The molecule has 3 heteroatoms. The van der Waals surface area contributed by atoms with Crippen molar-refractivity contribution in [3.8, 4) is 16.8 Å². The summed E-state index contributed by atoms with van der Waals surface area (Å²) in [6.45, 7) is 4.73. The maximum absolute atomic E-state index is 6.55. The standard InChI is InChI=1S/C45H32N2O/c1-45(2)38-27-31(46(29-13-5-3-6-14-29)30-15-7-4-8-16-30)21-23-33(38)34-24-22-32(28-39(34)45)47-40-19-11-9-18-37(40)43-41(47)26-25-36-35-17-10-12-20-42(35)48-44(36)43/h3-28H,1-2H3. The van der Waals surface area contributed by atoms with Crippen LogP contribution in [0.4, 0.5) is 17.1 Å². The lowest BCUT2D eigenvalue weighted by molar-refractivity contribution is 0.660. The van der Waals surface area contributed by atoms with Gasteiger partial charge in [-0.3, -0.25) is 0 Å². The predicted octanol–water partition coefficient (Wildman–Crippen LogP) is 12.5. The zero-order valence-corrected chi connectivity index (χ0v) is 26.8. The number of furan rings is 1. The van der Waals surface area contributed by atoms with Gasteiger partial charge in [0.2, 0.25) is 0 Å². The Labute approximate surface area is 278 Å². The van der Waals surface area contributed by atoms with Crippen molar-refractivity contribution in [2.24, 2.45) is 0 Å². The van der Waals surface area contributed by atoms with Crippen LogP contribution in [0.2, 0.25) is 0 Å². The number of aromatic nitrogens is 1. The molecule has 0 aliphatic heterocycles. The molecule has 0 spiro atoms. The van der Waals surface area contributed by atoms with Crippen molar-refractivity contribution in [1.29, 1.82) is 0 Å². The smallest absolute Gasteiger partial charge is 0.145 e. The van der Waals surface area contributed by atoms with E-state index >= 15 is 0 Å². The zero-order valence-electron chi connectivity index (χ0n) is 26.8. The highest BCUT2D eigenvalue weighted by Gasteiger charge is 2.36. The summed E-state index contributed by atoms with van der Waals surface area (Å²) in [6.07, 6.45) is 0. The van der Waals surface area contributed by atoms with E-state index in [1.165, 1.54) is 33.2 Å². The van der Waals surface area contributed by atoms with E-state index in [1.807, 2.05) is 6.07 Å². The first-order valence-corrected chi connectivity index (χ1v) is 16.6. The molecule has 0 unspecified atom stereocenters. The van der Waals surface area contributed by atoms with E-state index in [0.29, 0.717) is 0 Å². The highest BCUT2D eigenvalue weighted by Crippen LogP contribution is 2.52. The molecule has 10 rings (SSSR count). The molecule has 0 radical (unpaired) electrons. The summed E-state index contributed by atoms with van der Waals surface area (Å²) in [5.74, 6) is 0. The van der Waals surface area contributed by atoms with Crippen molar-refractivity contribution in [2.45, 2.75) is 19.3 Å². The fraction of sp³-hybridized carbons (Fsp3) is 0.0667. The first-order valence-electron chi connectivity index (χ1n) is 16.6. The Morgan fingerprint density at radius 2 is 1.12 bits per heavy atom. The molecule has 0 saturated heterocycles. The van der Waals surface area contributed by atoms with E-state index in [9.17, 15) is 0 Å². The van der Waals surface area contributed by atoms with Crippen LogP contribution in [0.1, 0.15) is 25.0 Å². The molecule has 0 saturated carbocycles. The fourth-order valence-electron chi connectivity index (χ4n) is 8.11. The van der Waals surface area contributed by atoms with Gasteiger partial charge >= 0.3 is 0 Å². The van der Waals surface area contributed by atoms with Crippen LogP contribution in [-0.2, 0) is 5.41 Å². The summed E-state index contributed by atoms with van der Waals surface area (Å²) in [5, 5.41) is 4.67. The zero-order chi connectivity index (χ0) is 32.0. The second-order valence-corrected chi connectivity index (χ2v) is 13.4. The van der Waals surface area contributed by atoms with Gasteiger partial charge in [-0.1, -0.05) is 98.8 Å². The first kappa shape index (κ1) is 27.1. The normalized spacial score (nSPS) is 13.4. The molecule has 1 aliphatic rings. The minimum absolute atomic E-state index is 0.194. The highest BCUT2D eigenvalue weighted by atomic mass is 16.3. The van der Waals surface area contributed by atoms with Crippen molar-refractivity contribution in [3.63, 3.8) is 0 Å². The predicted molar refractivity (Wildman–Crippen MR) is 200 cm³/mol. The Kier molecular flexibility index (Phi) is 5.63. The molecule has 3 nitrogen and oxygen atoms in total. The van der Waals surface area contributed by atoms with Crippen molar-refractivity contribution >= 4 is 60.8 Å². The van der Waals surface area contributed by atoms with Gasteiger partial charge < -0.3 is 13.9 Å². The number of nitrogens with zero attached hydrogens (tertiary/aromatic N) is 2. The third kappa shape index (κ3) is 3.76. The van der Waals surface area contributed by atoms with Crippen LogP contribution in [0.5, 0.6) is 0 Å². The molecule has 9 aromatic rings. The number of hydrogen-bond donors (Lipinski definition) is 0. The SMILES string of the molecule is CC1(C)c2cc(N(c3ccccc3)c3ccccc3)ccc2-c2ccc(-n3c4ccccc4c4c5oc6ccccc6c5ccc43)cc21. The van der Waals surface area contributed by atoms with Gasteiger partial charge in [-0.25, -0.2) is 0 Å². The number of fused-ring (bicyclic) bond motifs is 10. The molecule has 2 heterocycles. The molecule has 0 fully saturated rings. The molecule has 0 amide bonds. The minimum atomic E-state index is -0.194. The van der Waals surface area contributed by atoms with Gasteiger partial charge in [0.15, 0.2) is 0 Å². The third-order valence-electron chi connectivity index (χ3n) is 10.4. The Balaban J connectivity index is 1.15. The summed E-state index contributed by atoms with van der Waals surface area (Å²) in [6, 6.07) is 56.8. The van der Waals surface area contributed by atoms with Gasteiger partial charge in [0, 0.05) is 44.3 Å². The molecular weight excluding hydrogens is 585 g/mol. The van der Waals surface area contributed by atoms with E-state index in [2.05, 4.69) is 175 Å². The first-order chi connectivity index (χ1) is 23.6. The Morgan fingerprint density at radius 1 is 0.500 bits per heavy atom. The van der Waals surface area contributed by atoms with Crippen LogP contribution in [0.15, 0.2) is 162 Å². The van der Waals surface area contributed by atoms with Crippen molar-refractivity contribution in [1.82, 2.24) is 4.57 Å². The maximum Gasteiger partial charge on any atom is 0.145 e. The van der Waals surface area contributed by atoms with E-state index in [1.54, 1.807) is 0 Å². The molecule has 0 atom stereocenters. The van der Waals surface area contributed by atoms with E-state index in [0.717, 1.165) is 55.6 Å². The summed E-state index contributed by atoms with van der Waals surface area (Å²) < 4.78 is 8.96. The molecule has 228 valence electrons. The highest BCUT2D eigenvalue weighted by molar-refractivity contribution is 6.23. The largest absolute Gasteiger partial charge is 0.455 e. The maximum atomic E-state index is 6.55. The van der Waals surface area contributed by atoms with Crippen LogP contribution in [0, 0.1) is 0 Å². The van der Waals surface area contributed by atoms with Crippen LogP contribution in [-0.4, -0.2) is 4.57 Å². The second-order valence-electron chi connectivity index (χ2n) is 13.4. The van der Waals surface area contributed by atoms with Gasteiger partial charge in [-0.05, 0) is 95.1 Å². The lowest BCUT2D eigenvalue weighted by Gasteiger charge is -2.28. The molecule has 1 aliphatic carbocycles. The topological polar surface area (TPSA) is 21.3 Å². The molecule has 0 bridgehead atoms. The van der Waals surface area contributed by atoms with Crippen molar-refractivity contribution in [2.75, 3.05) is 4.90 Å². The van der Waals surface area contributed by atoms with Gasteiger partial charge in [-0.15, -0.1) is 0 Å². The van der Waals surface area contributed by atoms with Crippen LogP contribution in [0.25, 0.3) is 60.6 Å². The van der Waals surface area contributed by atoms with Crippen LogP contribution >= 0.6 is 0 Å². The van der Waals surface area contributed by atoms with Crippen molar-refractivity contribution < 1.29 is 4.42 Å². The van der Waals surface area contributed by atoms with Crippen molar-refractivity contribution in [3.05, 3.63) is 169 Å². The van der Waals surface area contributed by atoms with Gasteiger partial charge in [0.25, 0.3) is 0 Å². The molecule has 7 aromatic carbocycles. The number of rotatable bonds is 4. The number of hydrogen-bond acceptors (Lipinski definition) is 2. The lowest BCUT2D eigenvalue weighted by atomic mass is 9.82. The quantitative estimate of drug-likeness (QED) is 0.196. The number of anilines is 3. The monoisotopic (exact) mass is 616 g/mol. The van der Waals surface area contributed by atoms with Gasteiger partial charge in [0.05, 0.1) is 16.4 Å². The minimum Gasteiger partial charge on any atom is -0.455 e. The fourth-order valence-corrected chi connectivity index (χ4v) is 8.11. The average Bonchev–Trinajstić information content (AvgIpc) is 3.75. The number of para-hydroxylation sites is 4. The van der Waals surface area contributed by atoms with E-state index in [-0.39, 0.29) is 5.41 Å². The lowest BCUT2D eigenvalue weighted by Crippen LogP contribution is -2.17. The number of benzene rings is 7. The van der Waals surface area contributed by atoms with Crippen LogP contribution in [0.3, 0.4) is 0 Å². The third-order valence-corrected chi connectivity index (χ3v) is 10.4. The molecule has 48 heavy (non-hydrogen) atoms. The molecule has 2 aromatic heterocycles.